The molecule has 0 atom stereocenters. The lowest BCUT2D eigenvalue weighted by Gasteiger charge is -2.13. The number of aromatic nitrogens is 1. The summed E-state index contributed by atoms with van der Waals surface area (Å²) in [6.45, 7) is 0.196. The lowest BCUT2D eigenvalue weighted by Crippen LogP contribution is -2.10. The largest absolute Gasteiger partial charge is 0.496 e. The van der Waals surface area contributed by atoms with Crippen molar-refractivity contribution in [2.45, 2.75) is 6.54 Å². The molecule has 0 spiro atoms. The number of carbonyl (C=O) groups is 1. The van der Waals surface area contributed by atoms with Gasteiger partial charge in [0.2, 0.25) is 0 Å². The Morgan fingerprint density at radius 1 is 1.52 bits per heavy atom. The number of hydrogen-bond acceptors (Lipinski definition) is 4. The van der Waals surface area contributed by atoms with Gasteiger partial charge in [0.05, 0.1) is 13.3 Å². The first-order valence-electron chi connectivity index (χ1n) is 5.97. The minimum absolute atomic E-state index is 0.0610. The molecule has 110 valence electrons. The number of aromatic carboxylic acids is 1. The van der Waals surface area contributed by atoms with E-state index in [4.69, 9.17) is 21.4 Å². The van der Waals surface area contributed by atoms with E-state index >= 15 is 0 Å². The van der Waals surface area contributed by atoms with Crippen LogP contribution in [0.25, 0.3) is 0 Å². The fourth-order valence-electron chi connectivity index (χ4n) is 1.82. The Morgan fingerprint density at radius 3 is 2.95 bits per heavy atom. The van der Waals surface area contributed by atoms with Crippen molar-refractivity contribution in [3.63, 3.8) is 0 Å². The van der Waals surface area contributed by atoms with Crippen molar-refractivity contribution in [3.05, 3.63) is 52.4 Å². The summed E-state index contributed by atoms with van der Waals surface area (Å²) in [6, 6.07) is 6.07. The van der Waals surface area contributed by atoms with Crippen molar-refractivity contribution < 1.29 is 19.0 Å². The molecule has 0 saturated heterocycles. The topological polar surface area (TPSA) is 71.5 Å². The van der Waals surface area contributed by atoms with Crippen molar-refractivity contribution in [2.75, 3.05) is 12.4 Å². The first-order chi connectivity index (χ1) is 10.0. The summed E-state index contributed by atoms with van der Waals surface area (Å²) in [4.78, 5) is 14.8. The van der Waals surface area contributed by atoms with Gasteiger partial charge in [0.15, 0.2) is 0 Å². The van der Waals surface area contributed by atoms with Gasteiger partial charge >= 0.3 is 5.97 Å². The van der Waals surface area contributed by atoms with Crippen LogP contribution in [0.4, 0.5) is 10.2 Å². The number of nitrogens with zero attached hydrogens (tertiary/aromatic N) is 1. The minimum Gasteiger partial charge on any atom is -0.496 e. The third-order valence-electron chi connectivity index (χ3n) is 2.81. The third kappa shape index (κ3) is 3.41. The minimum atomic E-state index is -1.27. The van der Waals surface area contributed by atoms with E-state index in [9.17, 15) is 9.18 Å². The number of hydrogen-bond donors (Lipinski definition) is 2. The molecule has 5 nitrogen and oxygen atoms in total. The third-order valence-corrected chi connectivity index (χ3v) is 3.17. The molecule has 0 aliphatic rings. The molecule has 0 saturated carbocycles. The SMILES string of the molecule is COc1cccc(Cl)c1CNc1ncc(F)cc1C(=O)O. The van der Waals surface area contributed by atoms with Crippen molar-refractivity contribution in [1.82, 2.24) is 4.98 Å². The molecule has 1 aromatic heterocycles. The van der Waals surface area contributed by atoms with E-state index in [1.165, 1.54) is 7.11 Å². The number of benzene rings is 1. The number of methoxy groups -OCH3 is 1. The maximum atomic E-state index is 13.1. The fourth-order valence-corrected chi connectivity index (χ4v) is 2.05. The molecule has 2 rings (SSSR count). The van der Waals surface area contributed by atoms with Crippen LogP contribution in [-0.4, -0.2) is 23.2 Å². The monoisotopic (exact) mass is 310 g/mol. The quantitative estimate of drug-likeness (QED) is 0.887. The van der Waals surface area contributed by atoms with E-state index in [-0.39, 0.29) is 17.9 Å². The van der Waals surface area contributed by atoms with E-state index in [1.54, 1.807) is 18.2 Å². The molecule has 1 heterocycles. The highest BCUT2D eigenvalue weighted by Gasteiger charge is 2.14. The van der Waals surface area contributed by atoms with Gasteiger partial charge in [-0.2, -0.15) is 0 Å². The molecule has 0 bridgehead atoms. The number of carboxylic acids is 1. The van der Waals surface area contributed by atoms with Crippen LogP contribution in [0, 0.1) is 5.82 Å². The average molecular weight is 311 g/mol. The van der Waals surface area contributed by atoms with E-state index in [2.05, 4.69) is 10.3 Å². The second-order valence-electron chi connectivity index (χ2n) is 4.13. The second kappa shape index (κ2) is 6.41. The standard InChI is InChI=1S/C14H12ClFN2O3/c1-21-12-4-2-3-11(15)10(12)7-18-13-9(14(19)20)5-8(16)6-17-13/h2-6H,7H2,1H3,(H,17,18)(H,19,20). The van der Waals surface area contributed by atoms with E-state index in [0.717, 1.165) is 12.3 Å². The molecule has 2 aromatic rings. The molecule has 0 amide bonds. The van der Waals surface area contributed by atoms with Crippen LogP contribution in [-0.2, 0) is 6.54 Å². The van der Waals surface area contributed by atoms with Crippen LogP contribution < -0.4 is 10.1 Å². The Balaban J connectivity index is 2.27. The number of anilines is 1. The molecule has 1 aromatic carbocycles. The van der Waals surface area contributed by atoms with Gasteiger partial charge < -0.3 is 15.2 Å². The van der Waals surface area contributed by atoms with Gasteiger partial charge in [0.25, 0.3) is 0 Å². The van der Waals surface area contributed by atoms with Gasteiger partial charge in [-0.25, -0.2) is 14.2 Å². The number of nitrogens with one attached hydrogen (secondary N) is 1. The zero-order chi connectivity index (χ0) is 15.4. The molecule has 0 aliphatic carbocycles. The lowest BCUT2D eigenvalue weighted by atomic mass is 10.2. The van der Waals surface area contributed by atoms with Crippen molar-refractivity contribution >= 4 is 23.4 Å². The second-order valence-corrected chi connectivity index (χ2v) is 4.54. The van der Waals surface area contributed by atoms with Gasteiger partial charge in [0, 0.05) is 17.1 Å². The summed E-state index contributed by atoms with van der Waals surface area (Å²) in [5.74, 6) is -1.36. The molecule has 7 heteroatoms. The van der Waals surface area contributed by atoms with Crippen LogP contribution >= 0.6 is 11.6 Å². The Morgan fingerprint density at radius 2 is 2.29 bits per heavy atom. The highest BCUT2D eigenvalue weighted by Crippen LogP contribution is 2.27. The molecule has 0 aliphatic heterocycles. The number of halogens is 2. The zero-order valence-electron chi connectivity index (χ0n) is 11.1. The summed E-state index contributed by atoms with van der Waals surface area (Å²) in [6.07, 6.45) is 0.943. The Labute approximate surface area is 125 Å². The molecular weight excluding hydrogens is 299 g/mol. The van der Waals surface area contributed by atoms with Gasteiger partial charge in [-0.15, -0.1) is 0 Å². The van der Waals surface area contributed by atoms with Crippen molar-refractivity contribution in [1.29, 1.82) is 0 Å². The van der Waals surface area contributed by atoms with Gasteiger partial charge in [-0.05, 0) is 18.2 Å². The Hall–Kier alpha value is -2.34. The molecule has 0 fully saturated rings. The number of rotatable bonds is 5. The van der Waals surface area contributed by atoms with Crippen LogP contribution in [0.2, 0.25) is 5.02 Å². The highest BCUT2D eigenvalue weighted by atomic mass is 35.5. The van der Waals surface area contributed by atoms with Crippen molar-refractivity contribution in [3.8, 4) is 5.75 Å². The molecular formula is C14H12ClFN2O3. The fraction of sp³-hybridized carbons (Fsp3) is 0.143. The van der Waals surface area contributed by atoms with Gasteiger partial charge in [-0.1, -0.05) is 17.7 Å². The summed E-state index contributed by atoms with van der Waals surface area (Å²) >= 11 is 6.09. The molecule has 0 unspecified atom stereocenters. The molecule has 0 radical (unpaired) electrons. The number of ether oxygens (including phenoxy) is 1. The lowest BCUT2D eigenvalue weighted by molar-refractivity contribution is 0.0697. The van der Waals surface area contributed by atoms with E-state index in [0.29, 0.717) is 16.3 Å². The maximum Gasteiger partial charge on any atom is 0.339 e. The summed E-state index contributed by atoms with van der Waals surface area (Å²) in [5, 5.41) is 12.3. The number of pyridine rings is 1. The first-order valence-corrected chi connectivity index (χ1v) is 6.34. The molecule has 2 N–H and O–H groups in total. The summed E-state index contributed by atoms with van der Waals surface area (Å²) in [5.41, 5.74) is 0.408. The van der Waals surface area contributed by atoms with E-state index < -0.39 is 11.8 Å². The average Bonchev–Trinajstić information content (AvgIpc) is 2.46. The van der Waals surface area contributed by atoms with Gasteiger partial charge in [0.1, 0.15) is 22.9 Å². The Bertz CT molecular complexity index is 679. The van der Waals surface area contributed by atoms with E-state index in [1.807, 2.05) is 0 Å². The molecule has 21 heavy (non-hydrogen) atoms. The number of carboxylic acid groups (broad SMARTS) is 1. The zero-order valence-corrected chi connectivity index (χ0v) is 11.8. The van der Waals surface area contributed by atoms with Crippen LogP contribution in [0.1, 0.15) is 15.9 Å². The smallest absolute Gasteiger partial charge is 0.339 e. The van der Waals surface area contributed by atoms with Crippen LogP contribution in [0.15, 0.2) is 30.5 Å². The Kier molecular flexibility index (Phi) is 4.59. The first kappa shape index (κ1) is 15.1. The summed E-state index contributed by atoms with van der Waals surface area (Å²) < 4.78 is 18.2. The van der Waals surface area contributed by atoms with Gasteiger partial charge in [-0.3, -0.25) is 0 Å². The maximum absolute atomic E-state index is 13.1. The normalized spacial score (nSPS) is 10.2. The van der Waals surface area contributed by atoms with Crippen molar-refractivity contribution in [2.24, 2.45) is 0 Å². The van der Waals surface area contributed by atoms with Crippen LogP contribution in [0.3, 0.4) is 0 Å². The predicted octanol–water partition coefficient (Wildman–Crippen LogP) is 3.19. The highest BCUT2D eigenvalue weighted by molar-refractivity contribution is 6.31. The summed E-state index contributed by atoms with van der Waals surface area (Å²) in [7, 11) is 1.51. The van der Waals surface area contributed by atoms with Crippen LogP contribution in [0.5, 0.6) is 5.75 Å². The predicted molar refractivity (Wildman–Crippen MR) is 76.5 cm³/mol.